The molecular weight excluding hydrogens is 768 g/mol. The highest BCUT2D eigenvalue weighted by atomic mass is 16.7. The van der Waals surface area contributed by atoms with Crippen molar-refractivity contribution in [3.05, 3.63) is 11.6 Å². The number of hydrogen-bond donors (Lipinski definition) is 3. The lowest BCUT2D eigenvalue weighted by Crippen LogP contribution is -2.71. The Bertz CT molecular complexity index is 1560. The number of Topliss-reactive ketones (excluding diaryl/α,β-unsaturated/α-hetero) is 1. The number of carbonyl (C=O) groups excluding carboxylic acids is 2. The third-order valence-electron chi connectivity index (χ3n) is 16.1. The van der Waals surface area contributed by atoms with Gasteiger partial charge in [-0.15, -0.1) is 0 Å². The molecule has 4 aliphatic carbocycles. The summed E-state index contributed by atoms with van der Waals surface area (Å²) in [4.78, 5) is 25.4. The average molecular weight is 839 g/mol. The van der Waals surface area contributed by atoms with Gasteiger partial charge in [-0.2, -0.15) is 0 Å². The van der Waals surface area contributed by atoms with E-state index >= 15 is 0 Å². The molecule has 6 fully saturated rings. The first-order chi connectivity index (χ1) is 27.8. The summed E-state index contributed by atoms with van der Waals surface area (Å²) in [5, 5.41) is 34.8. The molecule has 3 saturated heterocycles. The monoisotopic (exact) mass is 838 g/mol. The highest BCUT2D eigenvalue weighted by molar-refractivity contribution is 5.87. The van der Waals surface area contributed by atoms with Crippen LogP contribution in [0.15, 0.2) is 11.6 Å². The molecule has 3 aliphatic heterocycles. The Balaban J connectivity index is 0.972. The summed E-state index contributed by atoms with van der Waals surface area (Å²) in [5.41, 5.74) is -3.54. The molecule has 3 N–H and O–H groups in total. The number of methoxy groups -OCH3 is 3. The number of esters is 1. The molecule has 0 unspecified atom stereocenters. The van der Waals surface area contributed by atoms with Crippen LogP contribution < -0.4 is 0 Å². The van der Waals surface area contributed by atoms with Gasteiger partial charge in [0.25, 0.3) is 0 Å². The van der Waals surface area contributed by atoms with Gasteiger partial charge in [0, 0.05) is 47.5 Å². The van der Waals surface area contributed by atoms with Gasteiger partial charge < -0.3 is 62.7 Å². The van der Waals surface area contributed by atoms with Crippen LogP contribution in [0.25, 0.3) is 0 Å². The molecule has 0 radical (unpaired) electrons. The molecule has 3 heterocycles. The number of rotatable bonds is 11. The smallest absolute Gasteiger partial charge is 0.302 e. The van der Waals surface area contributed by atoms with Crippen molar-refractivity contribution in [3.8, 4) is 0 Å². The van der Waals surface area contributed by atoms with Crippen LogP contribution in [-0.2, 0) is 57.0 Å². The summed E-state index contributed by atoms with van der Waals surface area (Å²) in [6, 6.07) is 0. The first-order valence-corrected chi connectivity index (χ1v) is 21.8. The van der Waals surface area contributed by atoms with E-state index in [2.05, 4.69) is 13.0 Å². The van der Waals surface area contributed by atoms with E-state index in [1.807, 2.05) is 13.8 Å². The lowest BCUT2D eigenvalue weighted by atomic mass is 9.44. The minimum absolute atomic E-state index is 0.0208. The van der Waals surface area contributed by atoms with Gasteiger partial charge in [0.2, 0.25) is 0 Å². The number of aliphatic hydroxyl groups is 3. The second-order valence-electron chi connectivity index (χ2n) is 19.0. The van der Waals surface area contributed by atoms with Crippen molar-refractivity contribution < 1.29 is 72.3 Å². The molecule has 0 amide bonds. The van der Waals surface area contributed by atoms with Crippen molar-refractivity contribution in [2.45, 2.75) is 210 Å². The summed E-state index contributed by atoms with van der Waals surface area (Å²) in [6.07, 6.45) is 0.686. The molecule has 0 aromatic carbocycles. The van der Waals surface area contributed by atoms with E-state index in [1.54, 1.807) is 35.2 Å². The van der Waals surface area contributed by atoms with Gasteiger partial charge >= 0.3 is 5.97 Å². The van der Waals surface area contributed by atoms with Crippen LogP contribution in [0, 0.1) is 22.7 Å². The molecule has 0 bridgehead atoms. The lowest BCUT2D eigenvalue weighted by Gasteiger charge is -2.63. The Morgan fingerprint density at radius 1 is 0.729 bits per heavy atom. The highest BCUT2D eigenvalue weighted by Crippen LogP contribution is 2.69. The van der Waals surface area contributed by atoms with E-state index in [-0.39, 0.29) is 60.6 Å². The van der Waals surface area contributed by atoms with Crippen LogP contribution >= 0.6 is 0 Å². The topological polar surface area (TPSA) is 187 Å². The van der Waals surface area contributed by atoms with Crippen molar-refractivity contribution in [2.24, 2.45) is 22.7 Å². The van der Waals surface area contributed by atoms with E-state index in [0.717, 1.165) is 12.8 Å². The summed E-state index contributed by atoms with van der Waals surface area (Å²) in [6.45, 7) is 12.4. The number of aliphatic hydroxyl groups excluding tert-OH is 1. The average Bonchev–Trinajstić information content (AvgIpc) is 3.41. The third-order valence-corrected chi connectivity index (χ3v) is 16.1. The largest absolute Gasteiger partial charge is 0.462 e. The summed E-state index contributed by atoms with van der Waals surface area (Å²) >= 11 is 0. The Labute approximate surface area is 349 Å². The minimum Gasteiger partial charge on any atom is -0.462 e. The predicted octanol–water partition coefficient (Wildman–Crippen LogP) is 3.89. The molecule has 59 heavy (non-hydrogen) atoms. The fraction of sp³-hybridized carbons (Fsp3) is 0.909. The fourth-order valence-electron chi connectivity index (χ4n) is 12.6. The maximum absolute atomic E-state index is 13.0. The number of hydrogen-bond acceptors (Lipinski definition) is 15. The molecule has 15 heteroatoms. The second kappa shape index (κ2) is 17.2. The Morgan fingerprint density at radius 2 is 1.27 bits per heavy atom. The number of fused-ring (bicyclic) bond motifs is 5. The van der Waals surface area contributed by atoms with Gasteiger partial charge in [-0.25, -0.2) is 0 Å². The lowest BCUT2D eigenvalue weighted by molar-refractivity contribution is -0.338. The maximum Gasteiger partial charge on any atom is 0.302 e. The quantitative estimate of drug-likeness (QED) is 0.201. The van der Waals surface area contributed by atoms with E-state index in [4.69, 9.17) is 47.4 Å². The van der Waals surface area contributed by atoms with E-state index in [0.29, 0.717) is 38.5 Å². The molecular formula is C44H70O15. The van der Waals surface area contributed by atoms with Gasteiger partial charge in [-0.3, -0.25) is 9.59 Å². The van der Waals surface area contributed by atoms with Gasteiger partial charge in [0.1, 0.15) is 30.0 Å². The Morgan fingerprint density at radius 3 is 1.81 bits per heavy atom. The SMILES string of the molecule is CO[C@H]1C[C@H](O[C@H]2[C@@H](OC)C[C@H](O[C@H]3[C@@H](OC)C[C@H](O[C@H]4CC[C@@]5(C)C(=CC[C@@H]6[C@@H]5C[C@@H](OC(C)=O)[C@]5(C)[C@](O)(C(C)=O)CC[C@]65O)C4)O[C@@H]3C)O[C@@H]2C)O[C@H](C)[C@H]1O. The Kier molecular flexibility index (Phi) is 13.2. The van der Waals surface area contributed by atoms with Crippen LogP contribution in [0.4, 0.5) is 0 Å². The van der Waals surface area contributed by atoms with Gasteiger partial charge in [0.15, 0.2) is 24.7 Å². The minimum atomic E-state index is -1.79. The summed E-state index contributed by atoms with van der Waals surface area (Å²) in [5.74, 6) is -1.12. The zero-order valence-electron chi connectivity index (χ0n) is 36.6. The summed E-state index contributed by atoms with van der Waals surface area (Å²) in [7, 11) is 4.88. The van der Waals surface area contributed by atoms with Crippen LogP contribution in [0.1, 0.15) is 113 Å². The van der Waals surface area contributed by atoms with Crippen LogP contribution in [0.3, 0.4) is 0 Å². The summed E-state index contributed by atoms with van der Waals surface area (Å²) < 4.78 is 61.8. The van der Waals surface area contributed by atoms with E-state index in [1.165, 1.54) is 19.4 Å². The van der Waals surface area contributed by atoms with Crippen molar-refractivity contribution in [1.29, 1.82) is 0 Å². The van der Waals surface area contributed by atoms with Crippen molar-refractivity contribution in [1.82, 2.24) is 0 Å². The molecule has 7 aliphatic rings. The zero-order valence-corrected chi connectivity index (χ0v) is 36.6. The van der Waals surface area contributed by atoms with E-state index < -0.39 is 83.9 Å². The molecule has 20 atom stereocenters. The second-order valence-corrected chi connectivity index (χ2v) is 19.0. The molecule has 336 valence electrons. The van der Waals surface area contributed by atoms with Crippen LogP contribution in [0.2, 0.25) is 0 Å². The highest BCUT2D eigenvalue weighted by Gasteiger charge is 2.76. The van der Waals surface area contributed by atoms with Crippen LogP contribution in [0.5, 0.6) is 0 Å². The van der Waals surface area contributed by atoms with Gasteiger partial charge in [-0.05, 0) is 89.9 Å². The molecule has 0 spiro atoms. The first kappa shape index (κ1) is 45.4. The number of carbonyl (C=O) groups is 2. The zero-order chi connectivity index (χ0) is 42.8. The molecule has 15 nitrogen and oxygen atoms in total. The molecule has 7 rings (SSSR count). The predicted molar refractivity (Wildman–Crippen MR) is 210 cm³/mol. The van der Waals surface area contributed by atoms with E-state index in [9.17, 15) is 24.9 Å². The van der Waals surface area contributed by atoms with Crippen molar-refractivity contribution >= 4 is 11.8 Å². The van der Waals surface area contributed by atoms with Crippen LogP contribution in [-0.4, -0.2) is 146 Å². The molecule has 0 aromatic rings. The molecule has 0 aromatic heterocycles. The standard InChI is InChI=1S/C44H70O15/c1-22-38(47)31(50-8)19-36(53-22)58-40-24(3)55-37(21-33(40)52-10)59-39-23(2)54-35(20-32(39)51-9)57-28-13-14-41(6)27(17-28)11-12-29-30(41)18-34(56-26(5)46)42(7)43(48,25(4)45)15-16-44(29,42)49/h11,22-24,28-40,47-49H,12-21H2,1-10H3/t22-,23-,24-,28+,29-,30+,31+,32+,33+,34-,35+,36+,37+,38-,39-,40-,41+,42-,43-,44+/m1/s1. The van der Waals surface area contributed by atoms with Gasteiger partial charge in [-0.1, -0.05) is 25.5 Å². The Hall–Kier alpha value is -1.60. The number of allylic oxidation sites excluding steroid dienone is 1. The third kappa shape index (κ3) is 7.79. The maximum atomic E-state index is 13.0. The van der Waals surface area contributed by atoms with Crippen molar-refractivity contribution in [3.63, 3.8) is 0 Å². The van der Waals surface area contributed by atoms with Gasteiger partial charge in [0.05, 0.1) is 53.7 Å². The normalized spacial score (nSPS) is 51.2. The number of ether oxygens (including phenoxy) is 10. The first-order valence-electron chi connectivity index (χ1n) is 21.8. The molecule has 3 saturated carbocycles. The number of ketones is 1. The van der Waals surface area contributed by atoms with Crippen molar-refractivity contribution in [2.75, 3.05) is 21.3 Å². The fourth-order valence-corrected chi connectivity index (χ4v) is 12.6.